The highest BCUT2D eigenvalue weighted by Crippen LogP contribution is 2.23. The van der Waals surface area contributed by atoms with Crippen LogP contribution in [0.3, 0.4) is 0 Å². The fourth-order valence-electron chi connectivity index (χ4n) is 2.04. The van der Waals surface area contributed by atoms with Gasteiger partial charge >= 0.3 is 5.97 Å². The fraction of sp³-hybridized carbons (Fsp3) is 0.533. The number of methoxy groups -OCH3 is 1. The number of aliphatic hydroxyl groups is 1. The molecule has 0 aliphatic carbocycles. The molecular formula is C15H22FNO4. The number of nitrogens with one attached hydrogen (secondary N) is 1. The van der Waals surface area contributed by atoms with E-state index in [1.165, 1.54) is 19.2 Å². The number of benzene rings is 1. The third-order valence-electron chi connectivity index (χ3n) is 3.28. The Kier molecular flexibility index (Phi) is 6.58. The number of hydrogen-bond acceptors (Lipinski definition) is 4. The van der Waals surface area contributed by atoms with Crippen molar-refractivity contribution < 1.29 is 24.1 Å². The molecule has 0 aliphatic heterocycles. The van der Waals surface area contributed by atoms with E-state index >= 15 is 0 Å². The maximum Gasteiger partial charge on any atom is 0.320 e. The van der Waals surface area contributed by atoms with E-state index in [0.29, 0.717) is 18.5 Å². The quantitative estimate of drug-likeness (QED) is 0.684. The van der Waals surface area contributed by atoms with E-state index in [1.54, 1.807) is 19.9 Å². The number of carboxylic acid groups (broad SMARTS) is 1. The van der Waals surface area contributed by atoms with Crippen molar-refractivity contribution in [3.63, 3.8) is 0 Å². The first-order valence-corrected chi connectivity index (χ1v) is 6.84. The number of aliphatic carboxylic acids is 1. The molecule has 0 aromatic heterocycles. The van der Waals surface area contributed by atoms with E-state index in [4.69, 9.17) is 9.84 Å². The number of ether oxygens (including phenoxy) is 1. The van der Waals surface area contributed by atoms with Crippen molar-refractivity contribution in [3.05, 3.63) is 29.6 Å². The molecule has 2 unspecified atom stereocenters. The van der Waals surface area contributed by atoms with E-state index in [-0.39, 0.29) is 11.7 Å². The Labute approximate surface area is 123 Å². The molecule has 0 saturated heterocycles. The molecule has 1 aromatic carbocycles. The lowest BCUT2D eigenvalue weighted by Crippen LogP contribution is -2.41. The van der Waals surface area contributed by atoms with Crippen LogP contribution in [0.4, 0.5) is 4.39 Å². The van der Waals surface area contributed by atoms with Crippen LogP contribution >= 0.6 is 0 Å². The van der Waals surface area contributed by atoms with Gasteiger partial charge in [-0.1, -0.05) is 19.9 Å². The van der Waals surface area contributed by atoms with Gasteiger partial charge < -0.3 is 20.3 Å². The summed E-state index contributed by atoms with van der Waals surface area (Å²) in [6.07, 6.45) is -0.568. The summed E-state index contributed by atoms with van der Waals surface area (Å²) in [4.78, 5) is 11.0. The highest BCUT2D eigenvalue weighted by atomic mass is 19.1. The predicted octanol–water partition coefficient (Wildman–Crippen LogP) is 1.96. The van der Waals surface area contributed by atoms with Crippen LogP contribution in [0.1, 0.15) is 31.9 Å². The fourth-order valence-corrected chi connectivity index (χ4v) is 2.04. The molecule has 2 atom stereocenters. The molecule has 0 radical (unpaired) electrons. The lowest BCUT2D eigenvalue weighted by Gasteiger charge is -2.19. The Morgan fingerprint density at radius 2 is 2.10 bits per heavy atom. The van der Waals surface area contributed by atoms with Crippen LogP contribution in [0.2, 0.25) is 0 Å². The van der Waals surface area contributed by atoms with Crippen LogP contribution in [0.15, 0.2) is 18.2 Å². The van der Waals surface area contributed by atoms with Gasteiger partial charge in [0, 0.05) is 0 Å². The number of carboxylic acids is 1. The average Bonchev–Trinajstić information content (AvgIpc) is 2.42. The Bertz CT molecular complexity index is 479. The second-order valence-electron chi connectivity index (χ2n) is 5.21. The largest absolute Gasteiger partial charge is 0.494 e. The van der Waals surface area contributed by atoms with E-state index in [2.05, 4.69) is 5.32 Å². The normalized spacial score (nSPS) is 14.0. The Hall–Kier alpha value is -1.66. The van der Waals surface area contributed by atoms with Crippen molar-refractivity contribution in [3.8, 4) is 5.75 Å². The molecule has 0 saturated carbocycles. The number of aliphatic hydroxyl groups excluding tert-OH is 1. The molecule has 0 amide bonds. The molecule has 3 N–H and O–H groups in total. The van der Waals surface area contributed by atoms with E-state index in [1.807, 2.05) is 0 Å². The Morgan fingerprint density at radius 1 is 1.43 bits per heavy atom. The van der Waals surface area contributed by atoms with Crippen LogP contribution in [0.5, 0.6) is 5.75 Å². The van der Waals surface area contributed by atoms with Gasteiger partial charge in [-0.25, -0.2) is 4.39 Å². The second kappa shape index (κ2) is 7.95. The molecule has 5 nitrogen and oxygen atoms in total. The summed E-state index contributed by atoms with van der Waals surface area (Å²) in [6.45, 7) is 3.94. The minimum atomic E-state index is -0.921. The summed E-state index contributed by atoms with van der Waals surface area (Å²) < 4.78 is 18.4. The SMILES string of the molecule is COc1ccc(C(O)CCNC(C(=O)O)C(C)C)cc1F. The summed E-state index contributed by atoms with van der Waals surface area (Å²) >= 11 is 0. The molecule has 0 aliphatic rings. The van der Waals surface area contributed by atoms with Crippen molar-refractivity contribution in [2.24, 2.45) is 5.92 Å². The third-order valence-corrected chi connectivity index (χ3v) is 3.28. The van der Waals surface area contributed by atoms with Crippen molar-refractivity contribution in [2.75, 3.05) is 13.7 Å². The van der Waals surface area contributed by atoms with Gasteiger partial charge in [0.05, 0.1) is 13.2 Å². The summed E-state index contributed by atoms with van der Waals surface area (Å²) in [6, 6.07) is 3.60. The molecule has 0 bridgehead atoms. The zero-order valence-corrected chi connectivity index (χ0v) is 12.5. The number of rotatable bonds is 8. The zero-order valence-electron chi connectivity index (χ0n) is 12.5. The third kappa shape index (κ3) is 4.99. The number of halogens is 1. The van der Waals surface area contributed by atoms with Gasteiger partial charge in [0.15, 0.2) is 11.6 Å². The molecule has 0 fully saturated rings. The van der Waals surface area contributed by atoms with Gasteiger partial charge in [0.2, 0.25) is 0 Å². The van der Waals surface area contributed by atoms with Crippen LogP contribution in [-0.2, 0) is 4.79 Å². The molecule has 1 rings (SSSR count). The highest BCUT2D eigenvalue weighted by molar-refractivity contribution is 5.73. The molecule has 21 heavy (non-hydrogen) atoms. The summed E-state index contributed by atoms with van der Waals surface area (Å²) in [7, 11) is 1.37. The van der Waals surface area contributed by atoms with Crippen molar-refractivity contribution >= 4 is 5.97 Å². The second-order valence-corrected chi connectivity index (χ2v) is 5.21. The van der Waals surface area contributed by atoms with Crippen LogP contribution in [-0.4, -0.2) is 35.9 Å². The van der Waals surface area contributed by atoms with Crippen molar-refractivity contribution in [1.29, 1.82) is 0 Å². The van der Waals surface area contributed by atoms with E-state index in [0.717, 1.165) is 0 Å². The molecule has 0 heterocycles. The molecule has 1 aromatic rings. The summed E-state index contributed by atoms with van der Waals surface area (Å²) in [5.41, 5.74) is 0.437. The first kappa shape index (κ1) is 17.4. The minimum absolute atomic E-state index is 0.0573. The van der Waals surface area contributed by atoms with Gasteiger partial charge in [0.1, 0.15) is 6.04 Å². The number of carbonyl (C=O) groups is 1. The topological polar surface area (TPSA) is 78.8 Å². The first-order chi connectivity index (χ1) is 9.86. The molecular weight excluding hydrogens is 277 g/mol. The molecule has 118 valence electrons. The van der Waals surface area contributed by atoms with Crippen LogP contribution < -0.4 is 10.1 Å². The summed E-state index contributed by atoms with van der Waals surface area (Å²) in [5.74, 6) is -1.39. The first-order valence-electron chi connectivity index (χ1n) is 6.84. The lowest BCUT2D eigenvalue weighted by atomic mass is 10.0. The summed E-state index contributed by atoms with van der Waals surface area (Å²) in [5, 5.41) is 21.9. The van der Waals surface area contributed by atoms with Gasteiger partial charge in [-0.3, -0.25) is 4.79 Å². The van der Waals surface area contributed by atoms with Crippen molar-refractivity contribution in [1.82, 2.24) is 5.32 Å². The zero-order chi connectivity index (χ0) is 16.0. The number of hydrogen-bond donors (Lipinski definition) is 3. The standard InChI is InChI=1S/C15H22FNO4/c1-9(2)14(15(19)20)17-7-6-12(18)10-4-5-13(21-3)11(16)8-10/h4-5,8-9,12,14,17-18H,6-7H2,1-3H3,(H,19,20). The minimum Gasteiger partial charge on any atom is -0.494 e. The van der Waals surface area contributed by atoms with Gasteiger partial charge in [-0.15, -0.1) is 0 Å². The van der Waals surface area contributed by atoms with Crippen LogP contribution in [0, 0.1) is 11.7 Å². The van der Waals surface area contributed by atoms with Gasteiger partial charge in [-0.05, 0) is 36.6 Å². The highest BCUT2D eigenvalue weighted by Gasteiger charge is 2.21. The van der Waals surface area contributed by atoms with Gasteiger partial charge in [0.25, 0.3) is 0 Å². The van der Waals surface area contributed by atoms with Crippen molar-refractivity contribution in [2.45, 2.75) is 32.4 Å². The monoisotopic (exact) mass is 299 g/mol. The maximum absolute atomic E-state index is 13.5. The maximum atomic E-state index is 13.5. The van der Waals surface area contributed by atoms with Crippen LogP contribution in [0.25, 0.3) is 0 Å². The molecule has 6 heteroatoms. The molecule has 0 spiro atoms. The average molecular weight is 299 g/mol. The van der Waals surface area contributed by atoms with Gasteiger partial charge in [-0.2, -0.15) is 0 Å². The van der Waals surface area contributed by atoms with E-state index in [9.17, 15) is 14.3 Å². The van der Waals surface area contributed by atoms with E-state index < -0.39 is 23.9 Å². The lowest BCUT2D eigenvalue weighted by molar-refractivity contribution is -0.140. The predicted molar refractivity (Wildman–Crippen MR) is 76.8 cm³/mol. The Balaban J connectivity index is 2.55. The Morgan fingerprint density at radius 3 is 2.57 bits per heavy atom. The smallest absolute Gasteiger partial charge is 0.320 e.